The number of carbonyl (C=O) groups excluding carboxylic acids is 1. The molecule has 138 valence electrons. The van der Waals surface area contributed by atoms with Gasteiger partial charge in [-0.1, -0.05) is 30.3 Å². The smallest absolute Gasteiger partial charge is 0.332 e. The van der Waals surface area contributed by atoms with Crippen molar-refractivity contribution in [2.24, 2.45) is 14.1 Å². The summed E-state index contributed by atoms with van der Waals surface area (Å²) in [7, 11) is 2.98. The molecule has 1 aliphatic rings. The van der Waals surface area contributed by atoms with Crippen LogP contribution in [0, 0.1) is 0 Å². The molecule has 1 aromatic carbocycles. The van der Waals surface area contributed by atoms with E-state index in [0.717, 1.165) is 23.0 Å². The molecular formula is C20H20N4O3. The van der Waals surface area contributed by atoms with Crippen molar-refractivity contribution in [2.45, 2.75) is 18.9 Å². The first-order valence-electron chi connectivity index (χ1n) is 8.90. The maximum absolute atomic E-state index is 13.1. The van der Waals surface area contributed by atoms with Gasteiger partial charge >= 0.3 is 5.69 Å². The van der Waals surface area contributed by atoms with Gasteiger partial charge in [0.15, 0.2) is 0 Å². The molecular weight excluding hydrogens is 344 g/mol. The third-order valence-electron chi connectivity index (χ3n) is 5.24. The zero-order chi connectivity index (χ0) is 19.1. The zero-order valence-electron chi connectivity index (χ0n) is 15.3. The number of benzene rings is 1. The van der Waals surface area contributed by atoms with Crippen molar-refractivity contribution < 1.29 is 4.79 Å². The van der Waals surface area contributed by atoms with Gasteiger partial charge in [-0.3, -0.25) is 18.7 Å². The van der Waals surface area contributed by atoms with Crippen molar-refractivity contribution in [3.63, 3.8) is 0 Å². The van der Waals surface area contributed by atoms with Gasteiger partial charge in [0.2, 0.25) is 0 Å². The SMILES string of the molecule is Cn1c(=O)c2cc(C(=O)N3CCCC3c3ccccc3)cnc2n(C)c1=O. The molecule has 27 heavy (non-hydrogen) atoms. The number of likely N-dealkylation sites (tertiary alicyclic amines) is 1. The summed E-state index contributed by atoms with van der Waals surface area (Å²) in [6, 6.07) is 11.5. The fourth-order valence-electron chi connectivity index (χ4n) is 3.78. The van der Waals surface area contributed by atoms with E-state index in [0.29, 0.717) is 12.1 Å². The fraction of sp³-hybridized carbons (Fsp3) is 0.300. The van der Waals surface area contributed by atoms with Crippen molar-refractivity contribution in [1.82, 2.24) is 19.0 Å². The number of fused-ring (bicyclic) bond motifs is 1. The molecule has 0 bridgehead atoms. The van der Waals surface area contributed by atoms with Crippen molar-refractivity contribution in [3.8, 4) is 0 Å². The first kappa shape index (κ1) is 17.2. The van der Waals surface area contributed by atoms with Gasteiger partial charge in [0.25, 0.3) is 11.5 Å². The van der Waals surface area contributed by atoms with E-state index in [1.54, 1.807) is 13.1 Å². The van der Waals surface area contributed by atoms with Crippen LogP contribution in [0.15, 0.2) is 52.2 Å². The average molecular weight is 364 g/mol. The molecule has 3 aromatic rings. The minimum Gasteiger partial charge on any atom is -0.332 e. The summed E-state index contributed by atoms with van der Waals surface area (Å²) in [6.07, 6.45) is 3.29. The summed E-state index contributed by atoms with van der Waals surface area (Å²) in [5.41, 5.74) is 0.858. The molecule has 0 N–H and O–H groups in total. The Bertz CT molecular complexity index is 1150. The molecule has 1 aliphatic heterocycles. The number of amides is 1. The van der Waals surface area contributed by atoms with E-state index in [2.05, 4.69) is 4.98 Å². The molecule has 7 nitrogen and oxygen atoms in total. The van der Waals surface area contributed by atoms with E-state index < -0.39 is 11.2 Å². The maximum Gasteiger partial charge on any atom is 0.332 e. The number of hydrogen-bond donors (Lipinski definition) is 0. The van der Waals surface area contributed by atoms with E-state index in [-0.39, 0.29) is 23.0 Å². The Morgan fingerprint density at radius 1 is 1.11 bits per heavy atom. The van der Waals surface area contributed by atoms with Crippen LogP contribution in [0.4, 0.5) is 0 Å². The van der Waals surface area contributed by atoms with Crippen LogP contribution in [0.1, 0.15) is 34.8 Å². The van der Waals surface area contributed by atoms with Crippen molar-refractivity contribution in [3.05, 3.63) is 74.6 Å². The Morgan fingerprint density at radius 3 is 2.59 bits per heavy atom. The first-order valence-corrected chi connectivity index (χ1v) is 8.90. The van der Waals surface area contributed by atoms with Crippen LogP contribution in [0.2, 0.25) is 0 Å². The highest BCUT2D eigenvalue weighted by Crippen LogP contribution is 2.33. The first-order chi connectivity index (χ1) is 13.0. The third kappa shape index (κ3) is 2.75. The summed E-state index contributed by atoms with van der Waals surface area (Å²) in [4.78, 5) is 43.7. The van der Waals surface area contributed by atoms with Crippen LogP contribution in [0.25, 0.3) is 11.0 Å². The molecule has 0 saturated carbocycles. The topological polar surface area (TPSA) is 77.2 Å². The second-order valence-electron chi connectivity index (χ2n) is 6.87. The van der Waals surface area contributed by atoms with Crippen LogP contribution >= 0.6 is 0 Å². The lowest BCUT2D eigenvalue weighted by molar-refractivity contribution is 0.0735. The van der Waals surface area contributed by atoms with E-state index in [1.807, 2.05) is 35.2 Å². The largest absolute Gasteiger partial charge is 0.332 e. The Kier molecular flexibility index (Phi) is 4.14. The van der Waals surface area contributed by atoms with Gasteiger partial charge in [-0.05, 0) is 24.5 Å². The Balaban J connectivity index is 1.77. The monoisotopic (exact) mass is 364 g/mol. The van der Waals surface area contributed by atoms with Crippen LogP contribution in [0.3, 0.4) is 0 Å². The average Bonchev–Trinajstić information content (AvgIpc) is 3.20. The Hall–Kier alpha value is -3.22. The van der Waals surface area contributed by atoms with Gasteiger partial charge in [-0.2, -0.15) is 0 Å². The van der Waals surface area contributed by atoms with Crippen LogP contribution in [-0.2, 0) is 14.1 Å². The van der Waals surface area contributed by atoms with Gasteiger partial charge in [0.1, 0.15) is 5.65 Å². The summed E-state index contributed by atoms with van der Waals surface area (Å²) >= 11 is 0. The summed E-state index contributed by atoms with van der Waals surface area (Å²) in [5.74, 6) is -0.147. The summed E-state index contributed by atoms with van der Waals surface area (Å²) in [5, 5.41) is 0.265. The molecule has 4 rings (SSSR count). The third-order valence-corrected chi connectivity index (χ3v) is 5.24. The number of pyridine rings is 1. The number of aromatic nitrogens is 3. The highest BCUT2D eigenvalue weighted by Gasteiger charge is 2.31. The van der Waals surface area contributed by atoms with Gasteiger partial charge in [-0.25, -0.2) is 9.78 Å². The zero-order valence-corrected chi connectivity index (χ0v) is 15.3. The molecule has 1 amide bonds. The standard InChI is InChI=1S/C20H20N4O3/c1-22-17-15(19(26)23(2)20(22)27)11-14(12-21-17)18(25)24-10-6-9-16(24)13-7-4-3-5-8-13/h3-5,7-8,11-12,16H,6,9-10H2,1-2H3. The molecule has 1 atom stereocenters. The predicted molar refractivity (Wildman–Crippen MR) is 102 cm³/mol. The lowest BCUT2D eigenvalue weighted by Crippen LogP contribution is -2.37. The molecule has 7 heteroatoms. The second-order valence-corrected chi connectivity index (χ2v) is 6.87. The van der Waals surface area contributed by atoms with E-state index in [9.17, 15) is 14.4 Å². The molecule has 1 fully saturated rings. The van der Waals surface area contributed by atoms with E-state index in [1.165, 1.54) is 17.8 Å². The van der Waals surface area contributed by atoms with Crippen molar-refractivity contribution in [2.75, 3.05) is 6.54 Å². The molecule has 1 saturated heterocycles. The molecule has 0 radical (unpaired) electrons. The van der Waals surface area contributed by atoms with Gasteiger partial charge in [0.05, 0.1) is 17.0 Å². The normalized spacial score (nSPS) is 16.8. The predicted octanol–water partition coefficient (Wildman–Crippen LogP) is 1.61. The molecule has 3 heterocycles. The maximum atomic E-state index is 13.1. The minimum atomic E-state index is -0.448. The van der Waals surface area contributed by atoms with Crippen molar-refractivity contribution in [1.29, 1.82) is 0 Å². The summed E-state index contributed by atoms with van der Waals surface area (Å²) < 4.78 is 2.34. The summed E-state index contributed by atoms with van der Waals surface area (Å²) in [6.45, 7) is 0.668. The number of hydrogen-bond acceptors (Lipinski definition) is 4. The van der Waals surface area contributed by atoms with Crippen molar-refractivity contribution >= 4 is 16.9 Å². The van der Waals surface area contributed by atoms with E-state index >= 15 is 0 Å². The van der Waals surface area contributed by atoms with Gasteiger partial charge in [0, 0.05) is 26.8 Å². The fourth-order valence-corrected chi connectivity index (χ4v) is 3.78. The minimum absolute atomic E-state index is 0.0253. The molecule has 2 aromatic heterocycles. The molecule has 0 spiro atoms. The Labute approximate surface area is 155 Å². The van der Waals surface area contributed by atoms with Gasteiger partial charge < -0.3 is 4.90 Å². The second kappa shape index (κ2) is 6.50. The molecule has 0 aliphatic carbocycles. The lowest BCUT2D eigenvalue weighted by Gasteiger charge is -2.25. The number of nitrogens with zero attached hydrogens (tertiary/aromatic N) is 4. The Morgan fingerprint density at radius 2 is 1.85 bits per heavy atom. The number of carbonyl (C=O) groups is 1. The van der Waals surface area contributed by atoms with Crippen LogP contribution < -0.4 is 11.2 Å². The molecule has 1 unspecified atom stereocenters. The van der Waals surface area contributed by atoms with Gasteiger partial charge in [-0.15, -0.1) is 0 Å². The number of aryl methyl sites for hydroxylation is 1. The highest BCUT2D eigenvalue weighted by atomic mass is 16.2. The van der Waals surface area contributed by atoms with E-state index in [4.69, 9.17) is 0 Å². The highest BCUT2D eigenvalue weighted by molar-refractivity contribution is 5.97. The lowest BCUT2D eigenvalue weighted by atomic mass is 10.0. The quantitative estimate of drug-likeness (QED) is 0.692. The van der Waals surface area contributed by atoms with Crippen LogP contribution in [-0.4, -0.2) is 31.5 Å². The number of rotatable bonds is 2. The van der Waals surface area contributed by atoms with Crippen LogP contribution in [0.5, 0.6) is 0 Å².